The largest absolute Gasteiger partial charge is 0.360 e. The van der Waals surface area contributed by atoms with Crippen molar-refractivity contribution in [2.24, 2.45) is 0 Å². The van der Waals surface area contributed by atoms with Gasteiger partial charge in [-0.05, 0) is 26.0 Å². The highest BCUT2D eigenvalue weighted by Gasteiger charge is 2.39. The van der Waals surface area contributed by atoms with Gasteiger partial charge in [-0.25, -0.2) is 8.42 Å². The average Bonchev–Trinajstić information content (AvgIpc) is 2.69. The van der Waals surface area contributed by atoms with Gasteiger partial charge in [0.15, 0.2) is 15.6 Å². The van der Waals surface area contributed by atoms with Crippen LogP contribution < -0.4 is 0 Å². The molecule has 0 unspecified atom stereocenters. The first-order valence-electron chi connectivity index (χ1n) is 5.65. The summed E-state index contributed by atoms with van der Waals surface area (Å²) in [5.41, 5.74) is 1.19. The Balaban J connectivity index is 2.60. The third-order valence-corrected chi connectivity index (χ3v) is 5.89. The minimum Gasteiger partial charge on any atom is -0.360 e. The molecule has 1 N–H and O–H groups in total. The Kier molecular flexibility index (Phi) is 3.35. The minimum absolute atomic E-state index is 0.399. The molecule has 2 rings (SSSR count). The maximum atomic E-state index is 12.5. The quantitative estimate of drug-likeness (QED) is 0.871. The van der Waals surface area contributed by atoms with Crippen molar-refractivity contribution in [3.05, 3.63) is 34.4 Å². The van der Waals surface area contributed by atoms with Crippen LogP contribution in [0.5, 0.6) is 0 Å². The fourth-order valence-corrected chi connectivity index (χ4v) is 2.59. The van der Waals surface area contributed by atoms with Gasteiger partial charge in [0.05, 0.1) is 0 Å². The number of aromatic nitrogens is 1. The number of benzene rings is 1. The van der Waals surface area contributed by atoms with Crippen LogP contribution in [0.15, 0.2) is 28.9 Å². The van der Waals surface area contributed by atoms with Gasteiger partial charge in [0.2, 0.25) is 0 Å². The van der Waals surface area contributed by atoms with E-state index in [4.69, 9.17) is 0 Å². The molecule has 2 aromatic rings. The maximum Gasteiger partial charge on any atom is 0.185 e. The second kappa shape index (κ2) is 4.45. The summed E-state index contributed by atoms with van der Waals surface area (Å²) in [7, 11) is -3.48. The number of carbonyl (C=O) groups is 1. The fourth-order valence-electron chi connectivity index (χ4n) is 1.78. The van der Waals surface area contributed by atoms with Gasteiger partial charge in [-0.2, -0.15) is 0 Å². The SMILES string of the molecule is CC(C)(C(=O)c1c[nH]c2cc(Br)ccc12)S(C)(=O)=O. The van der Waals surface area contributed by atoms with Crippen LogP contribution in [-0.4, -0.2) is 30.2 Å². The third kappa shape index (κ3) is 2.34. The van der Waals surface area contributed by atoms with Crippen LogP contribution in [0, 0.1) is 0 Å². The molecule has 0 radical (unpaired) electrons. The van der Waals surface area contributed by atoms with E-state index in [-0.39, 0.29) is 0 Å². The Bertz CT molecular complexity index is 759. The summed E-state index contributed by atoms with van der Waals surface area (Å²) >= 11 is 3.35. The van der Waals surface area contributed by atoms with Gasteiger partial charge in [0.25, 0.3) is 0 Å². The van der Waals surface area contributed by atoms with E-state index in [0.717, 1.165) is 21.6 Å². The Morgan fingerprint density at radius 1 is 1.32 bits per heavy atom. The first-order valence-corrected chi connectivity index (χ1v) is 8.34. The molecule has 0 aliphatic rings. The Morgan fingerprint density at radius 3 is 2.53 bits per heavy atom. The molecular formula is C13H14BrNO3S. The molecule has 19 heavy (non-hydrogen) atoms. The van der Waals surface area contributed by atoms with Gasteiger partial charge in [0.1, 0.15) is 4.75 Å². The van der Waals surface area contributed by atoms with Crippen LogP contribution >= 0.6 is 15.9 Å². The molecule has 0 aliphatic carbocycles. The molecule has 0 amide bonds. The number of aromatic amines is 1. The molecule has 0 aliphatic heterocycles. The van der Waals surface area contributed by atoms with E-state index in [1.807, 2.05) is 12.1 Å². The molecule has 0 saturated carbocycles. The van der Waals surface area contributed by atoms with Gasteiger partial charge >= 0.3 is 0 Å². The normalized spacial score (nSPS) is 12.8. The molecule has 6 heteroatoms. The minimum atomic E-state index is -3.48. The number of sulfone groups is 1. The number of carbonyl (C=O) groups excluding carboxylic acids is 1. The predicted molar refractivity (Wildman–Crippen MR) is 79.3 cm³/mol. The lowest BCUT2D eigenvalue weighted by Crippen LogP contribution is -2.39. The van der Waals surface area contributed by atoms with Crippen molar-refractivity contribution in [3.63, 3.8) is 0 Å². The molecule has 102 valence electrons. The zero-order chi connectivity index (χ0) is 14.4. The van der Waals surface area contributed by atoms with Crippen LogP contribution in [-0.2, 0) is 9.84 Å². The summed E-state index contributed by atoms with van der Waals surface area (Å²) in [5.74, 6) is -0.399. The number of ketones is 1. The lowest BCUT2D eigenvalue weighted by atomic mass is 10.00. The molecule has 0 spiro atoms. The Morgan fingerprint density at radius 2 is 1.95 bits per heavy atom. The summed E-state index contributed by atoms with van der Waals surface area (Å²) in [6.07, 6.45) is 2.64. The third-order valence-electron chi connectivity index (χ3n) is 3.36. The van der Waals surface area contributed by atoms with Crippen molar-refractivity contribution >= 4 is 42.5 Å². The van der Waals surface area contributed by atoms with Gasteiger partial charge in [0, 0.05) is 33.4 Å². The van der Waals surface area contributed by atoms with E-state index in [9.17, 15) is 13.2 Å². The van der Waals surface area contributed by atoms with E-state index >= 15 is 0 Å². The number of halogens is 1. The van der Waals surface area contributed by atoms with E-state index in [0.29, 0.717) is 5.56 Å². The number of Topliss-reactive ketones (excluding diaryl/α,β-unsaturated/α-hetero) is 1. The first-order chi connectivity index (χ1) is 8.64. The Hall–Kier alpha value is -1.14. The van der Waals surface area contributed by atoms with Crippen molar-refractivity contribution in [1.82, 2.24) is 4.98 Å². The van der Waals surface area contributed by atoms with Crippen molar-refractivity contribution in [2.45, 2.75) is 18.6 Å². The maximum absolute atomic E-state index is 12.5. The zero-order valence-electron chi connectivity index (χ0n) is 10.8. The second-order valence-corrected chi connectivity index (χ2v) is 8.48. The number of rotatable bonds is 3. The van der Waals surface area contributed by atoms with Crippen LogP contribution in [0.1, 0.15) is 24.2 Å². The molecule has 0 fully saturated rings. The molecule has 1 heterocycles. The van der Waals surface area contributed by atoms with E-state index in [1.54, 1.807) is 12.3 Å². The monoisotopic (exact) mass is 343 g/mol. The fraction of sp³-hybridized carbons (Fsp3) is 0.308. The lowest BCUT2D eigenvalue weighted by molar-refractivity contribution is 0.0956. The molecule has 0 bridgehead atoms. The van der Waals surface area contributed by atoms with Crippen LogP contribution in [0.4, 0.5) is 0 Å². The number of H-pyrrole nitrogens is 1. The highest BCUT2D eigenvalue weighted by atomic mass is 79.9. The van der Waals surface area contributed by atoms with Gasteiger partial charge in [-0.1, -0.05) is 22.0 Å². The van der Waals surface area contributed by atoms with Gasteiger partial charge in [-0.3, -0.25) is 4.79 Å². The number of nitrogens with one attached hydrogen (secondary N) is 1. The average molecular weight is 344 g/mol. The first kappa shape index (κ1) is 14.3. The van der Waals surface area contributed by atoms with Crippen LogP contribution in [0.3, 0.4) is 0 Å². The van der Waals surface area contributed by atoms with Crippen molar-refractivity contribution in [2.75, 3.05) is 6.26 Å². The standard InChI is InChI=1S/C13H14BrNO3S/c1-13(2,19(3,17)18)12(16)10-7-15-11-6-8(14)4-5-9(10)11/h4-7,15H,1-3H3. The summed E-state index contributed by atoms with van der Waals surface area (Å²) in [5, 5.41) is 0.727. The van der Waals surface area contributed by atoms with Crippen molar-refractivity contribution in [1.29, 1.82) is 0 Å². The molecule has 1 aromatic carbocycles. The van der Waals surface area contributed by atoms with Gasteiger partial charge in [-0.15, -0.1) is 0 Å². The second-order valence-electron chi connectivity index (χ2n) is 5.00. The number of fused-ring (bicyclic) bond motifs is 1. The number of hydrogen-bond acceptors (Lipinski definition) is 3. The van der Waals surface area contributed by atoms with Gasteiger partial charge < -0.3 is 4.98 Å². The van der Waals surface area contributed by atoms with E-state index in [2.05, 4.69) is 20.9 Å². The lowest BCUT2D eigenvalue weighted by Gasteiger charge is -2.20. The predicted octanol–water partition coefficient (Wildman–Crippen LogP) is 2.94. The highest BCUT2D eigenvalue weighted by molar-refractivity contribution is 9.10. The summed E-state index contributed by atoms with van der Waals surface area (Å²) in [4.78, 5) is 15.4. The zero-order valence-corrected chi connectivity index (χ0v) is 13.2. The van der Waals surface area contributed by atoms with Crippen molar-refractivity contribution in [3.8, 4) is 0 Å². The topological polar surface area (TPSA) is 67.0 Å². The van der Waals surface area contributed by atoms with Crippen molar-refractivity contribution < 1.29 is 13.2 Å². The molecule has 0 saturated heterocycles. The smallest absolute Gasteiger partial charge is 0.185 e. The van der Waals surface area contributed by atoms with Crippen LogP contribution in [0.2, 0.25) is 0 Å². The molecule has 4 nitrogen and oxygen atoms in total. The van der Waals surface area contributed by atoms with E-state index < -0.39 is 20.4 Å². The Labute approximate surface area is 120 Å². The highest BCUT2D eigenvalue weighted by Crippen LogP contribution is 2.28. The molecular weight excluding hydrogens is 330 g/mol. The number of hydrogen-bond donors (Lipinski definition) is 1. The summed E-state index contributed by atoms with van der Waals surface area (Å²) < 4.78 is 22.9. The molecule has 1 aromatic heterocycles. The molecule has 0 atom stereocenters. The van der Waals surface area contributed by atoms with Crippen LogP contribution in [0.25, 0.3) is 10.9 Å². The summed E-state index contributed by atoms with van der Waals surface area (Å²) in [6.45, 7) is 2.87. The van der Waals surface area contributed by atoms with E-state index in [1.165, 1.54) is 13.8 Å². The summed E-state index contributed by atoms with van der Waals surface area (Å²) in [6, 6.07) is 5.46.